The van der Waals surface area contributed by atoms with Crippen LogP contribution in [0.25, 0.3) is 0 Å². The van der Waals surface area contributed by atoms with E-state index in [-0.39, 0.29) is 5.41 Å². The Kier molecular flexibility index (Phi) is 6.76. The van der Waals surface area contributed by atoms with E-state index in [2.05, 4.69) is 29.1 Å². The molecule has 1 saturated heterocycles. The molecule has 1 fully saturated rings. The van der Waals surface area contributed by atoms with Gasteiger partial charge < -0.3 is 15.8 Å². The van der Waals surface area contributed by atoms with Gasteiger partial charge in [0.05, 0.1) is 0 Å². The minimum atomic E-state index is -0.206. The van der Waals surface area contributed by atoms with Crippen molar-refractivity contribution >= 4 is 5.84 Å². The smallest absolute Gasteiger partial charge is 0.144 e. The van der Waals surface area contributed by atoms with E-state index in [0.717, 1.165) is 25.4 Å². The first-order chi connectivity index (χ1) is 9.36. The van der Waals surface area contributed by atoms with Gasteiger partial charge in [-0.2, -0.15) is 0 Å². The molecule has 5 heteroatoms. The molecule has 1 aliphatic heterocycles. The van der Waals surface area contributed by atoms with E-state index < -0.39 is 0 Å². The van der Waals surface area contributed by atoms with Gasteiger partial charge in [-0.05, 0) is 52.9 Å². The summed E-state index contributed by atoms with van der Waals surface area (Å²) in [6.07, 6.45) is 5.93. The lowest BCUT2D eigenvalue weighted by atomic mass is 9.86. The molecule has 1 rings (SSSR count). The highest BCUT2D eigenvalue weighted by Crippen LogP contribution is 2.24. The highest BCUT2D eigenvalue weighted by molar-refractivity contribution is 5.85. The number of hydrogen-bond donors (Lipinski definition) is 2. The summed E-state index contributed by atoms with van der Waals surface area (Å²) in [6.45, 7) is 7.64. The van der Waals surface area contributed by atoms with E-state index in [1.54, 1.807) is 0 Å². The van der Waals surface area contributed by atoms with Gasteiger partial charge in [0.2, 0.25) is 0 Å². The van der Waals surface area contributed by atoms with Crippen molar-refractivity contribution in [2.24, 2.45) is 16.3 Å². The van der Waals surface area contributed by atoms with E-state index in [9.17, 15) is 0 Å². The first kappa shape index (κ1) is 17.2. The molecule has 1 heterocycles. The molecule has 0 saturated carbocycles. The van der Waals surface area contributed by atoms with Crippen LogP contribution in [0.5, 0.6) is 0 Å². The summed E-state index contributed by atoms with van der Waals surface area (Å²) in [7, 11) is 4.30. The highest BCUT2D eigenvalue weighted by Gasteiger charge is 2.25. The second-order valence-electron chi connectivity index (χ2n) is 6.92. The highest BCUT2D eigenvalue weighted by atomic mass is 16.4. The van der Waals surface area contributed by atoms with Gasteiger partial charge in [-0.1, -0.05) is 25.4 Å². The first-order valence-corrected chi connectivity index (χ1v) is 7.73. The number of amidine groups is 1. The Hall–Kier alpha value is -0.810. The Bertz CT molecular complexity index is 315. The quantitative estimate of drug-likeness (QED) is 0.235. The summed E-state index contributed by atoms with van der Waals surface area (Å²) in [5.74, 6) is 0.337. The fourth-order valence-electron chi connectivity index (χ4n) is 2.96. The Morgan fingerprint density at radius 1 is 1.40 bits per heavy atom. The van der Waals surface area contributed by atoms with Crippen molar-refractivity contribution in [3.63, 3.8) is 0 Å². The minimum Gasteiger partial charge on any atom is -0.409 e. The zero-order chi connectivity index (χ0) is 15.2. The van der Waals surface area contributed by atoms with Crippen molar-refractivity contribution in [3.8, 4) is 0 Å². The van der Waals surface area contributed by atoms with E-state index in [1.165, 1.54) is 32.4 Å². The fraction of sp³-hybridized carbons (Fsp3) is 0.933. The van der Waals surface area contributed by atoms with Crippen molar-refractivity contribution in [2.75, 3.05) is 33.7 Å². The van der Waals surface area contributed by atoms with Crippen LogP contribution in [-0.2, 0) is 0 Å². The van der Waals surface area contributed by atoms with Gasteiger partial charge in [0.25, 0.3) is 0 Å². The predicted octanol–water partition coefficient (Wildman–Crippen LogP) is 1.96. The normalized spacial score (nSPS) is 21.9. The number of oxime groups is 1. The van der Waals surface area contributed by atoms with Gasteiger partial charge in [-0.15, -0.1) is 0 Å². The summed E-state index contributed by atoms with van der Waals surface area (Å²) in [5.41, 5.74) is 5.51. The topological polar surface area (TPSA) is 65.1 Å². The summed E-state index contributed by atoms with van der Waals surface area (Å²) in [6, 6.07) is 0.724. The van der Waals surface area contributed by atoms with Gasteiger partial charge >= 0.3 is 0 Å². The SMILES string of the molecule is CN(C)CC1CCCN1CCCCC(C)(C)C(N)=NO. The van der Waals surface area contributed by atoms with Crippen molar-refractivity contribution < 1.29 is 5.21 Å². The van der Waals surface area contributed by atoms with Crippen molar-refractivity contribution in [1.82, 2.24) is 9.80 Å². The van der Waals surface area contributed by atoms with Gasteiger partial charge in [-0.25, -0.2) is 0 Å². The third-order valence-corrected chi connectivity index (χ3v) is 4.37. The molecule has 1 unspecified atom stereocenters. The number of hydrogen-bond acceptors (Lipinski definition) is 4. The molecule has 0 radical (unpaired) electrons. The lowest BCUT2D eigenvalue weighted by Gasteiger charge is -2.28. The zero-order valence-corrected chi connectivity index (χ0v) is 13.6. The number of nitrogens with zero attached hydrogens (tertiary/aromatic N) is 3. The first-order valence-electron chi connectivity index (χ1n) is 7.73. The van der Waals surface area contributed by atoms with Gasteiger partial charge in [-0.3, -0.25) is 4.90 Å². The molecule has 0 amide bonds. The average Bonchev–Trinajstić information content (AvgIpc) is 2.80. The standard InChI is InChI=1S/C15H32N4O/c1-15(2,14(16)17-20)9-5-6-10-19-11-7-8-13(19)12-18(3)4/h13,20H,5-12H2,1-4H3,(H2,16,17). The van der Waals surface area contributed by atoms with Crippen molar-refractivity contribution in [3.05, 3.63) is 0 Å². The second kappa shape index (κ2) is 7.84. The molecule has 1 atom stereocenters. The van der Waals surface area contributed by atoms with Crippen LogP contribution in [0.3, 0.4) is 0 Å². The van der Waals surface area contributed by atoms with Crippen LogP contribution in [0, 0.1) is 5.41 Å². The third-order valence-electron chi connectivity index (χ3n) is 4.37. The maximum Gasteiger partial charge on any atom is 0.144 e. The molecule has 5 nitrogen and oxygen atoms in total. The Morgan fingerprint density at radius 2 is 2.10 bits per heavy atom. The van der Waals surface area contributed by atoms with E-state index in [0.29, 0.717) is 5.84 Å². The second-order valence-corrected chi connectivity index (χ2v) is 6.92. The number of unbranched alkanes of at least 4 members (excludes halogenated alkanes) is 1. The predicted molar refractivity (Wildman–Crippen MR) is 84.2 cm³/mol. The summed E-state index contributed by atoms with van der Waals surface area (Å²) in [5, 5.41) is 11.9. The van der Waals surface area contributed by atoms with E-state index in [1.807, 2.05) is 13.8 Å². The lowest BCUT2D eigenvalue weighted by molar-refractivity contribution is 0.202. The fourth-order valence-corrected chi connectivity index (χ4v) is 2.96. The maximum absolute atomic E-state index is 8.77. The van der Waals surface area contributed by atoms with E-state index >= 15 is 0 Å². The third kappa shape index (κ3) is 5.29. The van der Waals surface area contributed by atoms with Crippen molar-refractivity contribution in [2.45, 2.75) is 52.0 Å². The van der Waals surface area contributed by atoms with Crippen LogP contribution in [0.1, 0.15) is 46.0 Å². The molecule has 0 aromatic rings. The number of rotatable bonds is 8. The molecule has 118 valence electrons. The Labute approximate surface area is 123 Å². The monoisotopic (exact) mass is 284 g/mol. The lowest BCUT2D eigenvalue weighted by Crippen LogP contribution is -2.38. The van der Waals surface area contributed by atoms with E-state index in [4.69, 9.17) is 10.9 Å². The average molecular weight is 284 g/mol. The Morgan fingerprint density at radius 3 is 2.70 bits per heavy atom. The number of likely N-dealkylation sites (N-methyl/N-ethyl adjacent to an activating group) is 1. The molecule has 0 aromatic heterocycles. The Balaban J connectivity index is 2.27. The summed E-state index contributed by atoms with van der Waals surface area (Å²) < 4.78 is 0. The minimum absolute atomic E-state index is 0.206. The van der Waals surface area contributed by atoms with Crippen LogP contribution in [0.15, 0.2) is 5.16 Å². The largest absolute Gasteiger partial charge is 0.409 e. The molecular weight excluding hydrogens is 252 g/mol. The van der Waals surface area contributed by atoms with Gasteiger partial charge in [0, 0.05) is 18.0 Å². The molecule has 0 aromatic carbocycles. The van der Waals surface area contributed by atoms with Gasteiger partial charge in [0.15, 0.2) is 0 Å². The maximum atomic E-state index is 8.77. The van der Waals surface area contributed by atoms with Crippen molar-refractivity contribution in [1.29, 1.82) is 0 Å². The van der Waals surface area contributed by atoms with Crippen LogP contribution >= 0.6 is 0 Å². The number of nitrogens with two attached hydrogens (primary N) is 1. The number of likely N-dealkylation sites (tertiary alicyclic amines) is 1. The van der Waals surface area contributed by atoms with Crippen LogP contribution in [-0.4, -0.2) is 60.6 Å². The molecule has 0 aliphatic carbocycles. The molecule has 3 N–H and O–H groups in total. The van der Waals surface area contributed by atoms with Gasteiger partial charge in [0.1, 0.15) is 5.84 Å². The molecule has 0 bridgehead atoms. The molecule has 0 spiro atoms. The zero-order valence-electron chi connectivity index (χ0n) is 13.6. The molecule has 1 aliphatic rings. The van der Waals surface area contributed by atoms with Crippen LogP contribution in [0.4, 0.5) is 0 Å². The summed E-state index contributed by atoms with van der Waals surface area (Å²) >= 11 is 0. The summed E-state index contributed by atoms with van der Waals surface area (Å²) in [4.78, 5) is 4.90. The van der Waals surface area contributed by atoms with Crippen LogP contribution in [0.2, 0.25) is 0 Å². The molecular formula is C15H32N4O. The molecule has 20 heavy (non-hydrogen) atoms. The van der Waals surface area contributed by atoms with Crippen LogP contribution < -0.4 is 5.73 Å².